The zero-order valence-corrected chi connectivity index (χ0v) is 10.6. The third-order valence-electron chi connectivity index (χ3n) is 2.92. The van der Waals surface area contributed by atoms with Crippen LogP contribution in [0, 0.1) is 5.92 Å². The molecule has 0 amide bonds. The van der Waals surface area contributed by atoms with Crippen molar-refractivity contribution in [2.45, 2.75) is 30.0 Å². The Balaban J connectivity index is 1.99. The van der Waals surface area contributed by atoms with Gasteiger partial charge in [0.05, 0.1) is 0 Å². The lowest BCUT2D eigenvalue weighted by Crippen LogP contribution is -2.31. The first kappa shape index (κ1) is 12.0. The van der Waals surface area contributed by atoms with Crippen molar-refractivity contribution < 1.29 is 8.42 Å². The fourth-order valence-corrected chi connectivity index (χ4v) is 3.98. The summed E-state index contributed by atoms with van der Waals surface area (Å²) >= 11 is 1.23. The van der Waals surface area contributed by atoms with Crippen molar-refractivity contribution in [1.29, 1.82) is 0 Å². The Morgan fingerprint density at radius 2 is 2.25 bits per heavy atom. The molecule has 1 aromatic rings. The standard InChI is InChI=1S/C10H16N2O2S2/c11-5-9-4-10(15-7-9)16(13,14)12-6-8-2-1-3-8/h4,7-8,12H,1-3,5-6,11H2. The molecule has 1 aliphatic rings. The Kier molecular flexibility index (Phi) is 3.63. The van der Waals surface area contributed by atoms with E-state index in [4.69, 9.17) is 5.73 Å². The Labute approximate surface area is 99.9 Å². The third kappa shape index (κ3) is 2.63. The molecule has 2 rings (SSSR count). The Morgan fingerprint density at radius 3 is 2.75 bits per heavy atom. The molecule has 3 N–H and O–H groups in total. The van der Waals surface area contributed by atoms with E-state index in [-0.39, 0.29) is 0 Å². The van der Waals surface area contributed by atoms with Crippen LogP contribution < -0.4 is 10.5 Å². The topological polar surface area (TPSA) is 72.2 Å². The highest BCUT2D eigenvalue weighted by atomic mass is 32.2. The van der Waals surface area contributed by atoms with Crippen LogP contribution in [0.1, 0.15) is 24.8 Å². The van der Waals surface area contributed by atoms with Crippen molar-refractivity contribution in [1.82, 2.24) is 4.72 Å². The predicted molar refractivity (Wildman–Crippen MR) is 64.7 cm³/mol. The van der Waals surface area contributed by atoms with Crippen molar-refractivity contribution in [2.75, 3.05) is 6.54 Å². The first-order chi connectivity index (χ1) is 7.62. The van der Waals surface area contributed by atoms with Crippen LogP contribution in [0.5, 0.6) is 0 Å². The van der Waals surface area contributed by atoms with Crippen LogP contribution in [0.3, 0.4) is 0 Å². The van der Waals surface area contributed by atoms with Crippen molar-refractivity contribution >= 4 is 21.4 Å². The van der Waals surface area contributed by atoms with Crippen LogP contribution in [-0.4, -0.2) is 15.0 Å². The van der Waals surface area contributed by atoms with Crippen molar-refractivity contribution in [3.63, 3.8) is 0 Å². The van der Waals surface area contributed by atoms with Gasteiger partial charge in [0.1, 0.15) is 4.21 Å². The van der Waals surface area contributed by atoms with Crippen molar-refractivity contribution in [3.05, 3.63) is 17.0 Å². The maximum Gasteiger partial charge on any atom is 0.250 e. The normalized spacial score (nSPS) is 17.3. The van der Waals surface area contributed by atoms with Gasteiger partial charge in [-0.1, -0.05) is 6.42 Å². The second kappa shape index (κ2) is 4.83. The molecule has 0 radical (unpaired) electrons. The van der Waals surface area contributed by atoms with Gasteiger partial charge >= 0.3 is 0 Å². The van der Waals surface area contributed by atoms with E-state index in [1.54, 1.807) is 11.4 Å². The molecule has 0 aliphatic heterocycles. The van der Waals surface area contributed by atoms with Gasteiger partial charge in [0.15, 0.2) is 0 Å². The van der Waals surface area contributed by atoms with E-state index in [0.717, 1.165) is 18.4 Å². The van der Waals surface area contributed by atoms with E-state index >= 15 is 0 Å². The van der Waals surface area contributed by atoms with Crippen LogP contribution in [0.4, 0.5) is 0 Å². The Morgan fingerprint density at radius 1 is 1.50 bits per heavy atom. The van der Waals surface area contributed by atoms with Crippen LogP contribution in [-0.2, 0) is 16.6 Å². The van der Waals surface area contributed by atoms with Gasteiger partial charge in [-0.25, -0.2) is 13.1 Å². The lowest BCUT2D eigenvalue weighted by Gasteiger charge is -2.25. The minimum atomic E-state index is -3.31. The summed E-state index contributed by atoms with van der Waals surface area (Å²) in [5.41, 5.74) is 6.32. The number of hydrogen-bond donors (Lipinski definition) is 2. The van der Waals surface area contributed by atoms with Gasteiger partial charge < -0.3 is 5.73 Å². The summed E-state index contributed by atoms with van der Waals surface area (Å²) in [7, 11) is -3.31. The first-order valence-corrected chi connectivity index (χ1v) is 7.75. The molecule has 1 saturated carbocycles. The Bertz CT molecular complexity index is 449. The summed E-state index contributed by atoms with van der Waals surface area (Å²) in [4.78, 5) is 0. The average Bonchev–Trinajstić information content (AvgIpc) is 2.63. The molecule has 0 atom stereocenters. The van der Waals surface area contributed by atoms with E-state index in [1.165, 1.54) is 17.8 Å². The zero-order valence-electron chi connectivity index (χ0n) is 8.98. The molecule has 0 saturated heterocycles. The van der Waals surface area contributed by atoms with Gasteiger partial charge in [-0.15, -0.1) is 11.3 Å². The lowest BCUT2D eigenvalue weighted by molar-refractivity contribution is 0.316. The van der Waals surface area contributed by atoms with Gasteiger partial charge in [0.2, 0.25) is 10.0 Å². The van der Waals surface area contributed by atoms with Crippen molar-refractivity contribution in [2.24, 2.45) is 11.7 Å². The largest absolute Gasteiger partial charge is 0.326 e. The third-order valence-corrected chi connectivity index (χ3v) is 5.83. The Hall–Kier alpha value is -0.430. The number of nitrogens with one attached hydrogen (secondary N) is 1. The van der Waals surface area contributed by atoms with Gasteiger partial charge in [-0.3, -0.25) is 0 Å². The fraction of sp³-hybridized carbons (Fsp3) is 0.600. The van der Waals surface area contributed by atoms with Gasteiger partial charge in [0.25, 0.3) is 0 Å². The molecular formula is C10H16N2O2S2. The number of thiophene rings is 1. The second-order valence-electron chi connectivity index (χ2n) is 4.13. The van der Waals surface area contributed by atoms with E-state index < -0.39 is 10.0 Å². The molecular weight excluding hydrogens is 244 g/mol. The minimum absolute atomic E-state index is 0.368. The maximum atomic E-state index is 11.9. The van der Waals surface area contributed by atoms with Crippen LogP contribution in [0.25, 0.3) is 0 Å². The highest BCUT2D eigenvalue weighted by molar-refractivity contribution is 7.91. The maximum absolute atomic E-state index is 11.9. The summed E-state index contributed by atoms with van der Waals surface area (Å²) in [6.07, 6.45) is 3.50. The van der Waals surface area contributed by atoms with E-state index in [0.29, 0.717) is 23.2 Å². The minimum Gasteiger partial charge on any atom is -0.326 e. The summed E-state index contributed by atoms with van der Waals surface area (Å²) < 4.78 is 26.8. The number of nitrogens with two attached hydrogens (primary N) is 1. The first-order valence-electron chi connectivity index (χ1n) is 5.39. The van der Waals surface area contributed by atoms with Crippen LogP contribution >= 0.6 is 11.3 Å². The van der Waals surface area contributed by atoms with E-state index in [2.05, 4.69) is 4.72 Å². The molecule has 6 heteroatoms. The highest BCUT2D eigenvalue weighted by Gasteiger charge is 2.22. The SMILES string of the molecule is NCc1csc(S(=O)(=O)NCC2CCC2)c1. The molecule has 16 heavy (non-hydrogen) atoms. The fourth-order valence-electron chi connectivity index (χ4n) is 1.60. The molecule has 0 unspecified atom stereocenters. The molecule has 0 aromatic carbocycles. The smallest absolute Gasteiger partial charge is 0.250 e. The van der Waals surface area contributed by atoms with E-state index in [9.17, 15) is 8.42 Å². The quantitative estimate of drug-likeness (QED) is 0.838. The van der Waals surface area contributed by atoms with Gasteiger partial charge in [-0.2, -0.15) is 0 Å². The number of hydrogen-bond acceptors (Lipinski definition) is 4. The zero-order chi connectivity index (χ0) is 11.6. The monoisotopic (exact) mass is 260 g/mol. The molecule has 1 heterocycles. The summed E-state index contributed by atoms with van der Waals surface area (Å²) in [6.45, 7) is 0.951. The molecule has 1 fully saturated rings. The summed E-state index contributed by atoms with van der Waals surface area (Å²) in [5.74, 6) is 0.531. The molecule has 0 spiro atoms. The number of rotatable bonds is 5. The molecule has 90 valence electrons. The lowest BCUT2D eigenvalue weighted by atomic mass is 9.86. The van der Waals surface area contributed by atoms with Crippen LogP contribution in [0.15, 0.2) is 15.7 Å². The van der Waals surface area contributed by atoms with Gasteiger partial charge in [-0.05, 0) is 35.8 Å². The van der Waals surface area contributed by atoms with Gasteiger partial charge in [0, 0.05) is 13.1 Å². The molecule has 4 nitrogen and oxygen atoms in total. The van der Waals surface area contributed by atoms with E-state index in [1.807, 2.05) is 0 Å². The predicted octanol–water partition coefficient (Wildman–Crippen LogP) is 1.29. The number of sulfonamides is 1. The molecule has 1 aromatic heterocycles. The second-order valence-corrected chi connectivity index (χ2v) is 7.03. The van der Waals surface area contributed by atoms with Crippen molar-refractivity contribution in [3.8, 4) is 0 Å². The molecule has 1 aliphatic carbocycles. The van der Waals surface area contributed by atoms with Crippen LogP contribution in [0.2, 0.25) is 0 Å². The summed E-state index contributed by atoms with van der Waals surface area (Å²) in [5, 5.41) is 1.79. The molecule has 0 bridgehead atoms. The average molecular weight is 260 g/mol. The summed E-state index contributed by atoms with van der Waals surface area (Å²) in [6, 6.07) is 1.65. The highest BCUT2D eigenvalue weighted by Crippen LogP contribution is 2.26.